The number of amides is 1. The summed E-state index contributed by atoms with van der Waals surface area (Å²) in [5.41, 5.74) is 2.43. The van der Waals surface area contributed by atoms with Crippen molar-refractivity contribution in [3.8, 4) is 5.75 Å². The largest absolute Gasteiger partial charge is 0.483 e. The summed E-state index contributed by atoms with van der Waals surface area (Å²) in [6.45, 7) is 3.90. The Morgan fingerprint density at radius 2 is 1.66 bits per heavy atom. The van der Waals surface area contributed by atoms with E-state index >= 15 is 0 Å². The number of carbonyl (C=O) groups excluding carboxylic acids is 1. The van der Waals surface area contributed by atoms with Crippen LogP contribution in [0.1, 0.15) is 30.4 Å². The van der Waals surface area contributed by atoms with E-state index in [4.69, 9.17) is 4.74 Å². The van der Waals surface area contributed by atoms with Crippen LogP contribution in [0.25, 0.3) is 10.8 Å². The molecule has 0 radical (unpaired) electrons. The minimum Gasteiger partial charge on any atom is -0.483 e. The zero-order valence-electron chi connectivity index (χ0n) is 16.8. The molecule has 0 aromatic heterocycles. The van der Waals surface area contributed by atoms with Crippen LogP contribution in [0.4, 0.5) is 0 Å². The highest BCUT2D eigenvalue weighted by Gasteiger charge is 2.11. The second-order valence-corrected chi connectivity index (χ2v) is 7.70. The van der Waals surface area contributed by atoms with Gasteiger partial charge in [-0.1, -0.05) is 67.1 Å². The molecular formula is C25H28N2O2. The third-order valence-electron chi connectivity index (χ3n) is 5.44. The standard InChI is InChI=1S/C25H28N2O2/c28-25(19-29-24-13-7-11-22-10-2-3-12-23(22)24)26-17-20-8-6-9-21(16-20)18-27-14-4-1-5-15-27/h2-3,6-13,16H,1,4-5,14-15,17-19H2,(H,26,28). The first kappa shape index (κ1) is 19.5. The average molecular weight is 389 g/mol. The van der Waals surface area contributed by atoms with Gasteiger partial charge in [0.15, 0.2) is 6.61 Å². The molecule has 3 aromatic carbocycles. The molecule has 150 valence electrons. The van der Waals surface area contributed by atoms with Crippen LogP contribution in [0, 0.1) is 0 Å². The van der Waals surface area contributed by atoms with Crippen molar-refractivity contribution < 1.29 is 9.53 Å². The number of nitrogens with one attached hydrogen (secondary N) is 1. The molecule has 4 nitrogen and oxygen atoms in total. The van der Waals surface area contributed by atoms with Gasteiger partial charge in [-0.25, -0.2) is 0 Å². The van der Waals surface area contributed by atoms with E-state index in [1.165, 1.54) is 37.9 Å². The summed E-state index contributed by atoms with van der Waals surface area (Å²) in [6.07, 6.45) is 3.95. The summed E-state index contributed by atoms with van der Waals surface area (Å²) in [5.74, 6) is 0.626. The SMILES string of the molecule is O=C(COc1cccc2ccccc12)NCc1cccc(CN2CCCCC2)c1. The second-order valence-electron chi connectivity index (χ2n) is 7.70. The fraction of sp³-hybridized carbons (Fsp3) is 0.320. The molecule has 0 spiro atoms. The molecule has 1 heterocycles. The molecule has 1 aliphatic heterocycles. The number of rotatable bonds is 7. The number of fused-ring (bicyclic) bond motifs is 1. The lowest BCUT2D eigenvalue weighted by Crippen LogP contribution is -2.29. The van der Waals surface area contributed by atoms with Crippen molar-refractivity contribution in [3.63, 3.8) is 0 Å². The van der Waals surface area contributed by atoms with Crippen molar-refractivity contribution in [2.75, 3.05) is 19.7 Å². The third kappa shape index (κ3) is 5.36. The molecule has 4 heteroatoms. The zero-order valence-corrected chi connectivity index (χ0v) is 16.8. The lowest BCUT2D eigenvalue weighted by molar-refractivity contribution is -0.123. The monoisotopic (exact) mass is 388 g/mol. The lowest BCUT2D eigenvalue weighted by Gasteiger charge is -2.26. The molecule has 0 saturated carbocycles. The van der Waals surface area contributed by atoms with Gasteiger partial charge in [0.2, 0.25) is 0 Å². The molecule has 1 saturated heterocycles. The van der Waals surface area contributed by atoms with Gasteiger partial charge in [-0.2, -0.15) is 0 Å². The van der Waals surface area contributed by atoms with Crippen LogP contribution in [-0.4, -0.2) is 30.5 Å². The van der Waals surface area contributed by atoms with Crippen molar-refractivity contribution in [2.24, 2.45) is 0 Å². The van der Waals surface area contributed by atoms with Gasteiger partial charge < -0.3 is 10.1 Å². The Morgan fingerprint density at radius 1 is 0.897 bits per heavy atom. The third-order valence-corrected chi connectivity index (χ3v) is 5.44. The van der Waals surface area contributed by atoms with Gasteiger partial charge in [0.25, 0.3) is 5.91 Å². The first-order valence-electron chi connectivity index (χ1n) is 10.5. The molecule has 1 aliphatic rings. The van der Waals surface area contributed by atoms with Crippen molar-refractivity contribution in [1.82, 2.24) is 10.2 Å². The van der Waals surface area contributed by atoms with E-state index in [2.05, 4.69) is 34.5 Å². The van der Waals surface area contributed by atoms with Gasteiger partial charge >= 0.3 is 0 Å². The number of ether oxygens (including phenoxy) is 1. The Kier molecular flexibility index (Phi) is 6.42. The van der Waals surface area contributed by atoms with Gasteiger partial charge in [0, 0.05) is 18.5 Å². The molecule has 0 bridgehead atoms. The Hall–Kier alpha value is -2.85. The van der Waals surface area contributed by atoms with Crippen LogP contribution in [0.3, 0.4) is 0 Å². The molecule has 1 N–H and O–H groups in total. The molecular weight excluding hydrogens is 360 g/mol. The van der Waals surface area contributed by atoms with Crippen molar-refractivity contribution in [3.05, 3.63) is 77.9 Å². The van der Waals surface area contributed by atoms with Crippen LogP contribution in [0.5, 0.6) is 5.75 Å². The number of hydrogen-bond donors (Lipinski definition) is 1. The van der Waals surface area contributed by atoms with Gasteiger partial charge in [-0.3, -0.25) is 9.69 Å². The number of nitrogens with zero attached hydrogens (tertiary/aromatic N) is 1. The average Bonchev–Trinajstić information content (AvgIpc) is 2.77. The molecule has 29 heavy (non-hydrogen) atoms. The molecule has 1 fully saturated rings. The quantitative estimate of drug-likeness (QED) is 0.647. The Balaban J connectivity index is 1.28. The number of hydrogen-bond acceptors (Lipinski definition) is 3. The fourth-order valence-electron chi connectivity index (χ4n) is 3.93. The van der Waals surface area contributed by atoms with E-state index < -0.39 is 0 Å². The number of piperidine rings is 1. The summed E-state index contributed by atoms with van der Waals surface area (Å²) in [5, 5.41) is 5.10. The molecule has 4 rings (SSSR count). The predicted octanol–water partition coefficient (Wildman–Crippen LogP) is 4.52. The van der Waals surface area contributed by atoms with Crippen LogP contribution in [-0.2, 0) is 17.9 Å². The summed E-state index contributed by atoms with van der Waals surface area (Å²) in [7, 11) is 0. The number of benzene rings is 3. The highest BCUT2D eigenvalue weighted by molar-refractivity contribution is 5.88. The Bertz CT molecular complexity index is 958. The predicted molar refractivity (Wildman–Crippen MR) is 117 cm³/mol. The van der Waals surface area contributed by atoms with Crippen molar-refractivity contribution in [1.29, 1.82) is 0 Å². The number of carbonyl (C=O) groups is 1. The van der Waals surface area contributed by atoms with Crippen LogP contribution in [0.2, 0.25) is 0 Å². The van der Waals surface area contributed by atoms with E-state index in [0.717, 1.165) is 28.6 Å². The maximum absolute atomic E-state index is 12.3. The molecule has 0 atom stereocenters. The maximum atomic E-state index is 12.3. The Labute approximate surface area is 172 Å². The van der Waals surface area contributed by atoms with Crippen molar-refractivity contribution in [2.45, 2.75) is 32.4 Å². The van der Waals surface area contributed by atoms with E-state index in [-0.39, 0.29) is 12.5 Å². The fourth-order valence-corrected chi connectivity index (χ4v) is 3.93. The molecule has 0 aliphatic carbocycles. The van der Waals surface area contributed by atoms with Crippen molar-refractivity contribution >= 4 is 16.7 Å². The van der Waals surface area contributed by atoms with Gasteiger partial charge in [0.1, 0.15) is 5.75 Å². The van der Waals surface area contributed by atoms with E-state index in [9.17, 15) is 4.79 Å². The van der Waals surface area contributed by atoms with Gasteiger partial charge in [0.05, 0.1) is 0 Å². The summed E-state index contributed by atoms with van der Waals surface area (Å²) < 4.78 is 5.78. The molecule has 3 aromatic rings. The second kappa shape index (κ2) is 9.57. The smallest absolute Gasteiger partial charge is 0.258 e. The highest BCUT2D eigenvalue weighted by atomic mass is 16.5. The molecule has 1 amide bonds. The highest BCUT2D eigenvalue weighted by Crippen LogP contribution is 2.25. The topological polar surface area (TPSA) is 41.6 Å². The lowest BCUT2D eigenvalue weighted by atomic mass is 10.1. The minimum absolute atomic E-state index is 0.0154. The summed E-state index contributed by atoms with van der Waals surface area (Å²) in [6, 6.07) is 22.4. The first-order valence-corrected chi connectivity index (χ1v) is 10.5. The van der Waals surface area contributed by atoms with E-state index in [1.807, 2.05) is 42.5 Å². The molecule has 0 unspecified atom stereocenters. The summed E-state index contributed by atoms with van der Waals surface area (Å²) in [4.78, 5) is 14.8. The maximum Gasteiger partial charge on any atom is 0.258 e. The summed E-state index contributed by atoms with van der Waals surface area (Å²) >= 11 is 0. The normalized spacial score (nSPS) is 14.6. The van der Waals surface area contributed by atoms with Crippen LogP contribution >= 0.6 is 0 Å². The van der Waals surface area contributed by atoms with Gasteiger partial charge in [-0.05, 0) is 48.5 Å². The number of likely N-dealkylation sites (tertiary alicyclic amines) is 1. The zero-order chi connectivity index (χ0) is 19.9. The van der Waals surface area contributed by atoms with E-state index in [0.29, 0.717) is 6.54 Å². The first-order chi connectivity index (χ1) is 14.3. The van der Waals surface area contributed by atoms with Crippen LogP contribution in [0.15, 0.2) is 66.7 Å². The Morgan fingerprint density at radius 3 is 2.55 bits per heavy atom. The minimum atomic E-state index is -0.112. The van der Waals surface area contributed by atoms with Gasteiger partial charge in [-0.15, -0.1) is 0 Å². The van der Waals surface area contributed by atoms with Crippen LogP contribution < -0.4 is 10.1 Å². The van der Waals surface area contributed by atoms with E-state index in [1.54, 1.807) is 0 Å².